The summed E-state index contributed by atoms with van der Waals surface area (Å²) in [5.41, 5.74) is 9.35. The third-order valence-electron chi connectivity index (χ3n) is 7.03. The number of aryl methyl sites for hydroxylation is 2. The lowest BCUT2D eigenvalue weighted by atomic mass is 9.99. The van der Waals surface area contributed by atoms with Gasteiger partial charge < -0.3 is 20.3 Å². The van der Waals surface area contributed by atoms with Crippen LogP contribution >= 0.6 is 0 Å². The topological polar surface area (TPSA) is 71.4 Å². The number of nitrogens with one attached hydrogen (secondary N) is 2. The molecule has 3 aromatic carbocycles. The molecule has 0 saturated carbocycles. The van der Waals surface area contributed by atoms with Gasteiger partial charge in [0, 0.05) is 47.6 Å². The molecule has 0 spiro atoms. The van der Waals surface area contributed by atoms with Crippen LogP contribution in [0.25, 0.3) is 16.9 Å². The molecule has 0 radical (unpaired) electrons. The van der Waals surface area contributed by atoms with Gasteiger partial charge in [-0.05, 0) is 70.0 Å². The Morgan fingerprint density at radius 1 is 0.949 bits per heavy atom. The largest absolute Gasteiger partial charge is 0.494 e. The van der Waals surface area contributed by atoms with E-state index in [2.05, 4.69) is 76.5 Å². The predicted molar refractivity (Wildman–Crippen MR) is 158 cm³/mol. The molecule has 1 aliphatic rings. The Morgan fingerprint density at radius 3 is 2.36 bits per heavy atom. The van der Waals surface area contributed by atoms with E-state index < -0.39 is 0 Å². The average molecular weight is 524 g/mol. The number of carbonyl (C=O) groups is 1. The monoisotopic (exact) mass is 523 g/mol. The lowest BCUT2D eigenvalue weighted by Crippen LogP contribution is -2.43. The first-order valence-corrected chi connectivity index (χ1v) is 13.4. The Morgan fingerprint density at radius 2 is 1.67 bits per heavy atom. The van der Waals surface area contributed by atoms with Crippen molar-refractivity contribution in [2.45, 2.75) is 53.1 Å². The molecule has 7 heteroatoms. The number of anilines is 2. The Balaban J connectivity index is 1.59. The second-order valence-electron chi connectivity index (χ2n) is 11.2. The van der Waals surface area contributed by atoms with Gasteiger partial charge >= 0.3 is 6.03 Å². The summed E-state index contributed by atoms with van der Waals surface area (Å²) in [7, 11) is 1.70. The van der Waals surface area contributed by atoms with Crippen molar-refractivity contribution >= 4 is 17.4 Å². The number of para-hydroxylation sites is 2. The van der Waals surface area contributed by atoms with E-state index in [1.807, 2.05) is 45.0 Å². The number of rotatable bonds is 5. The second-order valence-corrected chi connectivity index (χ2v) is 11.2. The van der Waals surface area contributed by atoms with Crippen molar-refractivity contribution in [1.29, 1.82) is 0 Å². The van der Waals surface area contributed by atoms with Crippen molar-refractivity contribution < 1.29 is 9.53 Å². The van der Waals surface area contributed by atoms with Crippen LogP contribution in [0.1, 0.15) is 43.2 Å². The van der Waals surface area contributed by atoms with Crippen LogP contribution < -0.4 is 20.3 Å². The molecular formula is C32H37N5O2. The highest BCUT2D eigenvalue weighted by atomic mass is 16.5. The smallest absolute Gasteiger partial charge is 0.319 e. The third kappa shape index (κ3) is 5.48. The van der Waals surface area contributed by atoms with Gasteiger partial charge in [-0.2, -0.15) is 5.10 Å². The number of methoxy groups -OCH3 is 1. The second kappa shape index (κ2) is 10.5. The van der Waals surface area contributed by atoms with E-state index in [1.54, 1.807) is 7.11 Å². The summed E-state index contributed by atoms with van der Waals surface area (Å²) in [5, 5.41) is 11.0. The van der Waals surface area contributed by atoms with Crippen molar-refractivity contribution in [2.24, 2.45) is 0 Å². The van der Waals surface area contributed by atoms with E-state index in [1.165, 1.54) is 16.8 Å². The fraction of sp³-hybridized carbons (Fsp3) is 0.312. The number of amides is 2. The van der Waals surface area contributed by atoms with Crippen molar-refractivity contribution in [3.8, 4) is 22.7 Å². The van der Waals surface area contributed by atoms with Crippen LogP contribution in [0.5, 0.6) is 5.75 Å². The molecular weight excluding hydrogens is 486 g/mol. The van der Waals surface area contributed by atoms with Gasteiger partial charge in [0.25, 0.3) is 0 Å². The highest BCUT2D eigenvalue weighted by Crippen LogP contribution is 2.38. The summed E-state index contributed by atoms with van der Waals surface area (Å²) < 4.78 is 7.84. The maximum atomic E-state index is 12.4. The van der Waals surface area contributed by atoms with E-state index in [4.69, 9.17) is 9.84 Å². The first-order chi connectivity index (χ1) is 18.6. The highest BCUT2D eigenvalue weighted by Gasteiger charge is 2.28. The summed E-state index contributed by atoms with van der Waals surface area (Å²) in [5.74, 6) is 0.781. The zero-order valence-corrected chi connectivity index (χ0v) is 23.6. The van der Waals surface area contributed by atoms with E-state index >= 15 is 0 Å². The van der Waals surface area contributed by atoms with Gasteiger partial charge in [-0.15, -0.1) is 0 Å². The molecule has 5 rings (SSSR count). The zero-order chi connectivity index (χ0) is 27.7. The molecule has 202 valence electrons. The van der Waals surface area contributed by atoms with Crippen LogP contribution in [0.15, 0.2) is 66.7 Å². The van der Waals surface area contributed by atoms with E-state index in [9.17, 15) is 4.79 Å². The minimum Gasteiger partial charge on any atom is -0.494 e. The maximum Gasteiger partial charge on any atom is 0.319 e. The summed E-state index contributed by atoms with van der Waals surface area (Å²) in [6, 6.07) is 22.4. The Hall–Kier alpha value is -4.26. The minimum absolute atomic E-state index is 0.226. The van der Waals surface area contributed by atoms with Gasteiger partial charge in [0.15, 0.2) is 0 Å². The lowest BCUT2D eigenvalue weighted by molar-refractivity contribution is 0.244. The van der Waals surface area contributed by atoms with Crippen LogP contribution in [0.3, 0.4) is 0 Å². The zero-order valence-electron chi connectivity index (χ0n) is 23.6. The molecule has 7 nitrogen and oxygen atoms in total. The normalized spacial score (nSPS) is 13.1. The number of ether oxygens (including phenoxy) is 1. The van der Waals surface area contributed by atoms with Crippen LogP contribution in [0, 0.1) is 13.8 Å². The molecule has 0 saturated heterocycles. The Kier molecular flexibility index (Phi) is 7.08. The fourth-order valence-corrected chi connectivity index (χ4v) is 5.24. The van der Waals surface area contributed by atoms with Crippen molar-refractivity contribution in [3.05, 3.63) is 89.1 Å². The summed E-state index contributed by atoms with van der Waals surface area (Å²) >= 11 is 0. The van der Waals surface area contributed by atoms with Crippen molar-refractivity contribution in [2.75, 3.05) is 23.9 Å². The molecule has 0 atom stereocenters. The Bertz CT molecular complexity index is 1500. The lowest BCUT2D eigenvalue weighted by Gasteiger charge is -2.30. The SMILES string of the molecule is COc1cccc(C)c1-n1nc2c(c1-c1ccc(NC(=O)NC(C)(C)C)cc1)CN(c1ccccc1C)CC2. The number of aromatic nitrogens is 2. The fourth-order valence-electron chi connectivity index (χ4n) is 5.24. The minimum atomic E-state index is -0.314. The van der Waals surface area contributed by atoms with Crippen molar-refractivity contribution in [3.63, 3.8) is 0 Å². The van der Waals surface area contributed by atoms with Gasteiger partial charge in [-0.1, -0.05) is 42.5 Å². The number of nitrogens with zero attached hydrogens (tertiary/aromatic N) is 3. The molecule has 1 aliphatic heterocycles. The predicted octanol–water partition coefficient (Wildman–Crippen LogP) is 6.65. The quantitative estimate of drug-likeness (QED) is 0.307. The number of fused-ring (bicyclic) bond motifs is 1. The van der Waals surface area contributed by atoms with Gasteiger partial charge in [0.1, 0.15) is 11.4 Å². The van der Waals surface area contributed by atoms with Gasteiger partial charge in [-0.25, -0.2) is 9.48 Å². The van der Waals surface area contributed by atoms with Gasteiger partial charge in [-0.3, -0.25) is 0 Å². The van der Waals surface area contributed by atoms with E-state index in [0.717, 1.165) is 59.1 Å². The number of carbonyl (C=O) groups excluding carboxylic acids is 1. The standard InChI is InChI=1S/C32H37N5O2/c1-21-10-7-8-12-27(21)36-19-18-26-25(20-36)30(37(35-26)29-22(2)11-9-13-28(29)39-6)23-14-16-24(17-15-23)33-31(38)34-32(3,4)5/h7-17H,18-20H2,1-6H3,(H2,33,34,38). The molecule has 39 heavy (non-hydrogen) atoms. The molecule has 2 heterocycles. The maximum absolute atomic E-state index is 12.4. The van der Waals surface area contributed by atoms with Crippen LogP contribution in [-0.2, 0) is 13.0 Å². The van der Waals surface area contributed by atoms with E-state index in [0.29, 0.717) is 0 Å². The van der Waals surface area contributed by atoms with Crippen LogP contribution in [0.4, 0.5) is 16.2 Å². The summed E-state index contributed by atoms with van der Waals surface area (Å²) in [6.07, 6.45) is 0.852. The average Bonchev–Trinajstić information content (AvgIpc) is 3.26. The molecule has 0 aliphatic carbocycles. The molecule has 4 aromatic rings. The molecule has 2 amide bonds. The molecule has 2 N–H and O–H groups in total. The number of hydrogen-bond acceptors (Lipinski definition) is 4. The third-order valence-corrected chi connectivity index (χ3v) is 7.03. The molecule has 0 unspecified atom stereocenters. The number of benzene rings is 3. The number of hydrogen-bond donors (Lipinski definition) is 2. The molecule has 0 fully saturated rings. The summed E-state index contributed by atoms with van der Waals surface area (Å²) in [4.78, 5) is 14.9. The van der Waals surface area contributed by atoms with Gasteiger partial charge in [0.2, 0.25) is 0 Å². The van der Waals surface area contributed by atoms with Crippen LogP contribution in [0.2, 0.25) is 0 Å². The first kappa shape index (κ1) is 26.4. The number of urea groups is 1. The van der Waals surface area contributed by atoms with Crippen LogP contribution in [-0.4, -0.2) is 35.0 Å². The van der Waals surface area contributed by atoms with E-state index in [-0.39, 0.29) is 11.6 Å². The highest BCUT2D eigenvalue weighted by molar-refractivity contribution is 5.90. The summed E-state index contributed by atoms with van der Waals surface area (Å²) in [6.45, 7) is 11.8. The first-order valence-electron chi connectivity index (χ1n) is 13.4. The molecule has 1 aromatic heterocycles. The van der Waals surface area contributed by atoms with Gasteiger partial charge in [0.05, 0.1) is 18.5 Å². The Labute approximate surface area is 230 Å². The van der Waals surface area contributed by atoms with Crippen molar-refractivity contribution in [1.82, 2.24) is 15.1 Å². The molecule has 0 bridgehead atoms.